The van der Waals surface area contributed by atoms with Crippen molar-refractivity contribution in [3.05, 3.63) is 222 Å². The van der Waals surface area contributed by atoms with Crippen LogP contribution in [0.25, 0.3) is 112 Å². The third-order valence-corrected chi connectivity index (χ3v) is 16.9. The molecule has 0 N–H and O–H groups in total. The van der Waals surface area contributed by atoms with E-state index in [2.05, 4.69) is 206 Å². The van der Waals surface area contributed by atoms with E-state index in [9.17, 15) is 0 Å². The van der Waals surface area contributed by atoms with Crippen LogP contribution in [0.2, 0.25) is 0 Å². The molecule has 0 aliphatic heterocycles. The molecule has 0 fully saturated rings. The molecule has 1 aliphatic rings. The highest BCUT2D eigenvalue weighted by Gasteiger charge is 2.23. The highest BCUT2D eigenvalue weighted by atomic mass is 32.1. The van der Waals surface area contributed by atoms with Gasteiger partial charge in [0.25, 0.3) is 0 Å². The van der Waals surface area contributed by atoms with Gasteiger partial charge in [-0.3, -0.25) is 0 Å². The number of rotatable bonds is 6. The van der Waals surface area contributed by atoms with Crippen molar-refractivity contribution >= 4 is 90.0 Å². The summed E-state index contributed by atoms with van der Waals surface area (Å²) in [6.45, 7) is 0. The largest absolute Gasteiger partial charge is 0.134 e. The zero-order valence-electron chi connectivity index (χ0n) is 34.3. The predicted octanol–water partition coefficient (Wildman–Crippen LogP) is 18.3. The summed E-state index contributed by atoms with van der Waals surface area (Å²) in [5, 5.41) is 6.71. The molecule has 3 heterocycles. The first kappa shape index (κ1) is 36.7. The molecule has 3 heteroatoms. The summed E-state index contributed by atoms with van der Waals surface area (Å²) in [6, 6.07) is 74.2. The van der Waals surface area contributed by atoms with Crippen molar-refractivity contribution < 1.29 is 0 Å². The first-order chi connectivity index (χ1) is 31.2. The summed E-state index contributed by atoms with van der Waals surface area (Å²) < 4.78 is 6.78. The third-order valence-electron chi connectivity index (χ3n) is 13.0. The summed E-state index contributed by atoms with van der Waals surface area (Å²) in [6.07, 6.45) is 4.59. The van der Waals surface area contributed by atoms with Gasteiger partial charge in [-0.25, -0.2) is 0 Å². The molecule has 0 saturated heterocycles. The molecular weight excluding hydrogens is 817 g/mol. The fraction of sp³-hybridized carbons (Fsp3) is 0.0333. The SMILES string of the molecule is C1=C(c2ccc(-c3cccc4c3sc3c(-c5ccccc5)cccc34)cc2)c2sc3c(-c4ccc(-c5cccc6c5sc5c(-c7ccccc7)cccc56)cc4)cccc3c2CC1. The molecule has 0 amide bonds. The van der Waals surface area contributed by atoms with Gasteiger partial charge in [0, 0.05) is 49.9 Å². The van der Waals surface area contributed by atoms with Crippen LogP contribution in [0, 0.1) is 0 Å². The second-order valence-corrected chi connectivity index (χ2v) is 19.6. The Labute approximate surface area is 378 Å². The Morgan fingerprint density at radius 1 is 0.270 bits per heavy atom. The van der Waals surface area contributed by atoms with Crippen molar-refractivity contribution in [3.63, 3.8) is 0 Å². The van der Waals surface area contributed by atoms with E-state index in [4.69, 9.17) is 0 Å². The van der Waals surface area contributed by atoms with E-state index in [1.165, 1.54) is 128 Å². The number of allylic oxidation sites excluding steroid dienone is 1. The number of thiophene rings is 3. The molecule has 0 unspecified atom stereocenters. The van der Waals surface area contributed by atoms with Crippen LogP contribution in [-0.2, 0) is 6.42 Å². The Hall–Kier alpha value is -6.88. The molecule has 0 bridgehead atoms. The Bertz CT molecular complexity index is 3750. The first-order valence-corrected chi connectivity index (χ1v) is 24.2. The van der Waals surface area contributed by atoms with Crippen LogP contribution in [0.4, 0.5) is 0 Å². The van der Waals surface area contributed by atoms with Crippen molar-refractivity contribution in [2.75, 3.05) is 0 Å². The quantitative estimate of drug-likeness (QED) is 0.156. The number of aryl methyl sites for hydroxylation is 1. The van der Waals surface area contributed by atoms with Gasteiger partial charge in [-0.1, -0.05) is 206 Å². The maximum atomic E-state index is 2.47. The van der Waals surface area contributed by atoms with E-state index in [1.807, 2.05) is 34.0 Å². The van der Waals surface area contributed by atoms with Gasteiger partial charge >= 0.3 is 0 Å². The lowest BCUT2D eigenvalue weighted by molar-refractivity contribution is 0.998. The monoisotopic (exact) mass is 854 g/mol. The smallest absolute Gasteiger partial charge is 0.0434 e. The number of hydrogen-bond acceptors (Lipinski definition) is 3. The molecule has 13 rings (SSSR count). The Balaban J connectivity index is 0.833. The molecule has 296 valence electrons. The van der Waals surface area contributed by atoms with E-state index < -0.39 is 0 Å². The van der Waals surface area contributed by atoms with Crippen LogP contribution in [0.5, 0.6) is 0 Å². The zero-order valence-corrected chi connectivity index (χ0v) is 36.7. The molecule has 1 aliphatic carbocycles. The first-order valence-electron chi connectivity index (χ1n) is 21.7. The summed E-state index contributed by atoms with van der Waals surface area (Å²) in [5.74, 6) is 0. The minimum Gasteiger partial charge on any atom is -0.134 e. The maximum absolute atomic E-state index is 2.47. The summed E-state index contributed by atoms with van der Waals surface area (Å²) >= 11 is 5.81. The minimum absolute atomic E-state index is 1.05. The summed E-state index contributed by atoms with van der Waals surface area (Å²) in [7, 11) is 0. The van der Waals surface area contributed by atoms with E-state index in [-0.39, 0.29) is 0 Å². The number of benzene rings is 9. The second-order valence-electron chi connectivity index (χ2n) is 16.6. The Kier molecular flexibility index (Phi) is 8.69. The lowest BCUT2D eigenvalue weighted by Gasteiger charge is -2.15. The topological polar surface area (TPSA) is 0 Å². The highest BCUT2D eigenvalue weighted by molar-refractivity contribution is 7.27. The molecule has 0 radical (unpaired) electrons. The predicted molar refractivity (Wildman–Crippen MR) is 277 cm³/mol. The van der Waals surface area contributed by atoms with Crippen molar-refractivity contribution in [1.82, 2.24) is 0 Å². The average Bonchev–Trinajstić information content (AvgIpc) is 4.06. The molecule has 0 atom stereocenters. The van der Waals surface area contributed by atoms with Crippen molar-refractivity contribution in [2.45, 2.75) is 12.8 Å². The van der Waals surface area contributed by atoms with Gasteiger partial charge in [0.15, 0.2) is 0 Å². The van der Waals surface area contributed by atoms with Gasteiger partial charge in [0.05, 0.1) is 0 Å². The van der Waals surface area contributed by atoms with Crippen molar-refractivity contribution in [1.29, 1.82) is 0 Å². The van der Waals surface area contributed by atoms with Crippen LogP contribution in [0.3, 0.4) is 0 Å². The maximum Gasteiger partial charge on any atom is 0.0434 e. The minimum atomic E-state index is 1.05. The fourth-order valence-corrected chi connectivity index (χ4v) is 14.2. The second kappa shape index (κ2) is 14.9. The van der Waals surface area contributed by atoms with E-state index >= 15 is 0 Å². The normalized spacial score (nSPS) is 12.7. The molecule has 3 aromatic heterocycles. The van der Waals surface area contributed by atoms with Gasteiger partial charge in [-0.2, -0.15) is 0 Å². The van der Waals surface area contributed by atoms with Gasteiger partial charge in [-0.15, -0.1) is 34.0 Å². The summed E-state index contributed by atoms with van der Waals surface area (Å²) in [4.78, 5) is 1.42. The van der Waals surface area contributed by atoms with Crippen LogP contribution >= 0.6 is 34.0 Å². The van der Waals surface area contributed by atoms with E-state index in [0.717, 1.165) is 12.8 Å². The van der Waals surface area contributed by atoms with E-state index in [1.54, 1.807) is 0 Å². The molecule has 0 spiro atoms. The van der Waals surface area contributed by atoms with Crippen LogP contribution < -0.4 is 0 Å². The van der Waals surface area contributed by atoms with E-state index in [0.29, 0.717) is 0 Å². The van der Waals surface area contributed by atoms with Crippen LogP contribution in [-0.4, -0.2) is 0 Å². The van der Waals surface area contributed by atoms with Crippen molar-refractivity contribution in [3.8, 4) is 55.6 Å². The Morgan fingerprint density at radius 2 is 0.603 bits per heavy atom. The Morgan fingerprint density at radius 3 is 1.00 bits per heavy atom. The lowest BCUT2D eigenvalue weighted by Crippen LogP contribution is -1.97. The van der Waals surface area contributed by atoms with Crippen LogP contribution in [0.15, 0.2) is 206 Å². The molecule has 9 aromatic carbocycles. The molecule has 12 aromatic rings. The van der Waals surface area contributed by atoms with Gasteiger partial charge in [0.1, 0.15) is 0 Å². The number of fused-ring (bicyclic) bond motifs is 9. The average molecular weight is 855 g/mol. The highest BCUT2D eigenvalue weighted by Crippen LogP contribution is 2.48. The summed E-state index contributed by atoms with van der Waals surface area (Å²) in [5.41, 5.74) is 17.0. The number of hydrogen-bond donors (Lipinski definition) is 0. The zero-order chi connectivity index (χ0) is 41.4. The molecule has 63 heavy (non-hydrogen) atoms. The van der Waals surface area contributed by atoms with Crippen molar-refractivity contribution in [2.24, 2.45) is 0 Å². The molecule has 0 nitrogen and oxygen atoms in total. The van der Waals surface area contributed by atoms with Gasteiger partial charge in [-0.05, 0) is 90.6 Å². The molecular formula is C60H38S3. The standard InChI is InChI=1S/C60H38S3/c1-3-13-37(14-4-1)43-17-7-23-49-51-25-9-19-45(57(51)61-55(43)49)39-29-33-41(34-30-39)47-21-11-27-53-54-28-12-22-48(60(54)63-59(47)53)42-35-31-40(32-36-42)46-20-10-26-52-50-24-8-18-44(56(50)62-58(46)52)38-15-5-2-6-16-38/h1-11,13-27,29-36H,12,28H2. The molecule has 0 saturated carbocycles. The van der Waals surface area contributed by atoms with Gasteiger partial charge < -0.3 is 0 Å². The van der Waals surface area contributed by atoms with Gasteiger partial charge in [0.2, 0.25) is 0 Å². The van der Waals surface area contributed by atoms with Crippen LogP contribution in [0.1, 0.15) is 22.4 Å². The fourth-order valence-electron chi connectivity index (χ4n) is 10.0. The lowest BCUT2D eigenvalue weighted by atomic mass is 9.90. The third kappa shape index (κ3) is 5.99.